The Labute approximate surface area is 168 Å². The molecule has 0 saturated heterocycles. The van der Waals surface area contributed by atoms with Crippen LogP contribution in [0.2, 0.25) is 0 Å². The monoisotopic (exact) mass is 394 g/mol. The van der Waals surface area contributed by atoms with Crippen LogP contribution in [-0.2, 0) is 6.54 Å². The highest BCUT2D eigenvalue weighted by Crippen LogP contribution is 2.42. The van der Waals surface area contributed by atoms with E-state index in [1.54, 1.807) is 38.6 Å². The molecule has 0 aliphatic carbocycles. The molecule has 7 heteroatoms. The number of furan rings is 1. The molecule has 3 aromatic rings. The molecule has 4 rings (SSSR count). The zero-order valence-corrected chi connectivity index (χ0v) is 16.5. The van der Waals surface area contributed by atoms with E-state index in [-0.39, 0.29) is 5.91 Å². The molecule has 0 fully saturated rings. The van der Waals surface area contributed by atoms with Crippen LogP contribution in [0.3, 0.4) is 0 Å². The number of benzene rings is 2. The molecule has 0 radical (unpaired) electrons. The Morgan fingerprint density at radius 3 is 2.34 bits per heavy atom. The Morgan fingerprint density at radius 2 is 1.72 bits per heavy atom. The van der Waals surface area contributed by atoms with Crippen molar-refractivity contribution < 1.29 is 23.4 Å². The maximum absolute atomic E-state index is 13.3. The van der Waals surface area contributed by atoms with Crippen molar-refractivity contribution in [2.24, 2.45) is 0 Å². The van der Waals surface area contributed by atoms with Gasteiger partial charge in [-0.3, -0.25) is 4.79 Å². The number of hydrogen-bond donors (Lipinski definition) is 1. The second-order valence-electron chi connectivity index (χ2n) is 6.56. The number of methoxy groups -OCH3 is 3. The van der Waals surface area contributed by atoms with Crippen LogP contribution in [0.4, 0.5) is 5.69 Å². The number of amides is 1. The summed E-state index contributed by atoms with van der Waals surface area (Å²) in [6, 6.07) is 14.8. The van der Waals surface area contributed by atoms with Gasteiger partial charge in [-0.15, -0.1) is 0 Å². The molecule has 2 aromatic carbocycles. The molecule has 1 aromatic heterocycles. The maximum atomic E-state index is 13.3. The quantitative estimate of drug-likeness (QED) is 0.679. The topological polar surface area (TPSA) is 73.2 Å². The molecule has 1 aliphatic heterocycles. The number of hydrogen-bond acceptors (Lipinski definition) is 6. The summed E-state index contributed by atoms with van der Waals surface area (Å²) in [7, 11) is 4.69. The van der Waals surface area contributed by atoms with E-state index in [1.807, 2.05) is 42.5 Å². The van der Waals surface area contributed by atoms with Crippen molar-refractivity contribution in [1.29, 1.82) is 0 Å². The van der Waals surface area contributed by atoms with Crippen molar-refractivity contribution in [3.63, 3.8) is 0 Å². The number of nitrogens with zero attached hydrogens (tertiary/aromatic N) is 1. The highest BCUT2D eigenvalue weighted by molar-refractivity contribution is 6.01. The van der Waals surface area contributed by atoms with E-state index in [9.17, 15) is 4.79 Å². The van der Waals surface area contributed by atoms with E-state index >= 15 is 0 Å². The summed E-state index contributed by atoms with van der Waals surface area (Å²) < 4.78 is 21.9. The fraction of sp³-hybridized carbons (Fsp3) is 0.227. The fourth-order valence-electron chi connectivity index (χ4n) is 3.55. The lowest BCUT2D eigenvalue weighted by molar-refractivity contribution is 0.0651. The predicted octanol–water partition coefficient (Wildman–Crippen LogP) is 4.07. The standard InChI is InChI=1S/C22H22N2O5/c1-26-18-11-14(12-19(27-2)20(18)28-3)21-23-17-9-5-4-8-16(17)22(25)24(21)13-15-7-6-10-29-15/h4-12,21,23H,13H2,1-3H3/t21-/m1/s1. The average Bonchev–Trinajstić information content (AvgIpc) is 3.27. The minimum atomic E-state index is -0.448. The minimum Gasteiger partial charge on any atom is -0.493 e. The van der Waals surface area contributed by atoms with Crippen LogP contribution in [-0.4, -0.2) is 32.1 Å². The van der Waals surface area contributed by atoms with Gasteiger partial charge in [-0.25, -0.2) is 0 Å². The molecule has 1 amide bonds. The molecule has 1 N–H and O–H groups in total. The van der Waals surface area contributed by atoms with Gasteiger partial charge < -0.3 is 28.8 Å². The van der Waals surface area contributed by atoms with Crippen LogP contribution >= 0.6 is 0 Å². The summed E-state index contributed by atoms with van der Waals surface area (Å²) in [5, 5.41) is 3.46. The number of fused-ring (bicyclic) bond motifs is 1. The van der Waals surface area contributed by atoms with Gasteiger partial charge in [0.2, 0.25) is 5.75 Å². The molecular weight excluding hydrogens is 372 g/mol. The number of ether oxygens (including phenoxy) is 3. The first-order valence-corrected chi connectivity index (χ1v) is 9.15. The van der Waals surface area contributed by atoms with Gasteiger partial charge in [0.25, 0.3) is 5.91 Å². The number of anilines is 1. The molecule has 0 bridgehead atoms. The summed E-state index contributed by atoms with van der Waals surface area (Å²) in [4.78, 5) is 15.0. The van der Waals surface area contributed by atoms with Crippen molar-refractivity contribution in [3.8, 4) is 17.2 Å². The molecular formula is C22H22N2O5. The summed E-state index contributed by atoms with van der Waals surface area (Å²) in [6.45, 7) is 0.314. The molecule has 0 spiro atoms. The number of nitrogens with one attached hydrogen (secondary N) is 1. The van der Waals surface area contributed by atoms with Crippen molar-refractivity contribution >= 4 is 11.6 Å². The van der Waals surface area contributed by atoms with Gasteiger partial charge in [-0.05, 0) is 36.4 Å². The van der Waals surface area contributed by atoms with E-state index in [0.717, 1.165) is 11.3 Å². The Balaban J connectivity index is 1.82. The first-order chi connectivity index (χ1) is 14.2. The Morgan fingerprint density at radius 1 is 1.00 bits per heavy atom. The second-order valence-corrected chi connectivity index (χ2v) is 6.56. The third kappa shape index (κ3) is 3.35. The predicted molar refractivity (Wildman–Crippen MR) is 107 cm³/mol. The molecule has 29 heavy (non-hydrogen) atoms. The van der Waals surface area contributed by atoms with Gasteiger partial charge in [0.15, 0.2) is 11.5 Å². The van der Waals surface area contributed by atoms with E-state index in [2.05, 4.69) is 5.32 Å². The van der Waals surface area contributed by atoms with Gasteiger partial charge in [0.1, 0.15) is 11.9 Å². The normalized spacial score (nSPS) is 15.5. The van der Waals surface area contributed by atoms with E-state index in [0.29, 0.717) is 35.1 Å². The molecule has 7 nitrogen and oxygen atoms in total. The Hall–Kier alpha value is -3.61. The van der Waals surface area contributed by atoms with E-state index < -0.39 is 6.17 Å². The minimum absolute atomic E-state index is 0.0884. The highest BCUT2D eigenvalue weighted by atomic mass is 16.5. The van der Waals surface area contributed by atoms with Crippen LogP contribution in [0.25, 0.3) is 0 Å². The van der Waals surface area contributed by atoms with Gasteiger partial charge in [0.05, 0.1) is 39.7 Å². The third-order valence-corrected chi connectivity index (χ3v) is 4.93. The Bertz CT molecular complexity index is 991. The van der Waals surface area contributed by atoms with E-state index in [4.69, 9.17) is 18.6 Å². The third-order valence-electron chi connectivity index (χ3n) is 4.93. The number of carbonyl (C=O) groups excluding carboxylic acids is 1. The number of carbonyl (C=O) groups is 1. The highest BCUT2D eigenvalue weighted by Gasteiger charge is 2.34. The van der Waals surface area contributed by atoms with Crippen LogP contribution < -0.4 is 19.5 Å². The van der Waals surface area contributed by atoms with Crippen LogP contribution in [0.5, 0.6) is 17.2 Å². The summed E-state index contributed by atoms with van der Waals surface area (Å²) in [5.74, 6) is 2.14. The fourth-order valence-corrected chi connectivity index (χ4v) is 3.55. The number of para-hydroxylation sites is 1. The van der Waals surface area contributed by atoms with Crippen LogP contribution in [0.1, 0.15) is 27.8 Å². The van der Waals surface area contributed by atoms with Gasteiger partial charge >= 0.3 is 0 Å². The first-order valence-electron chi connectivity index (χ1n) is 9.15. The van der Waals surface area contributed by atoms with Crippen LogP contribution in [0.15, 0.2) is 59.2 Å². The summed E-state index contributed by atoms with van der Waals surface area (Å²) >= 11 is 0. The Kier molecular flexibility index (Phi) is 5.03. The van der Waals surface area contributed by atoms with Crippen LogP contribution in [0, 0.1) is 0 Å². The summed E-state index contributed by atoms with van der Waals surface area (Å²) in [5.41, 5.74) is 2.18. The van der Waals surface area contributed by atoms with Crippen molar-refractivity contribution in [3.05, 3.63) is 71.7 Å². The molecule has 1 aliphatic rings. The maximum Gasteiger partial charge on any atom is 0.258 e. The van der Waals surface area contributed by atoms with Gasteiger partial charge in [-0.1, -0.05) is 12.1 Å². The first kappa shape index (κ1) is 18.7. The lowest BCUT2D eigenvalue weighted by Crippen LogP contribution is -2.42. The second kappa shape index (κ2) is 7.79. The molecule has 1 atom stereocenters. The lowest BCUT2D eigenvalue weighted by atomic mass is 10.0. The smallest absolute Gasteiger partial charge is 0.258 e. The van der Waals surface area contributed by atoms with Crippen molar-refractivity contribution in [2.75, 3.05) is 26.6 Å². The largest absolute Gasteiger partial charge is 0.493 e. The number of rotatable bonds is 6. The SMILES string of the molecule is COc1cc([C@@H]2Nc3ccccc3C(=O)N2Cc2ccco2)cc(OC)c1OC. The van der Waals surface area contributed by atoms with Gasteiger partial charge in [0, 0.05) is 11.3 Å². The zero-order valence-electron chi connectivity index (χ0n) is 16.5. The van der Waals surface area contributed by atoms with Crippen molar-refractivity contribution in [2.45, 2.75) is 12.7 Å². The average molecular weight is 394 g/mol. The summed E-state index contributed by atoms with van der Waals surface area (Å²) in [6.07, 6.45) is 1.15. The van der Waals surface area contributed by atoms with Crippen molar-refractivity contribution in [1.82, 2.24) is 4.90 Å². The van der Waals surface area contributed by atoms with E-state index in [1.165, 1.54) is 0 Å². The molecule has 0 unspecified atom stereocenters. The van der Waals surface area contributed by atoms with Gasteiger partial charge in [-0.2, -0.15) is 0 Å². The molecule has 0 saturated carbocycles. The zero-order chi connectivity index (χ0) is 20.4. The molecule has 150 valence electrons. The molecule has 2 heterocycles. The lowest BCUT2D eigenvalue weighted by Gasteiger charge is -2.38.